The summed E-state index contributed by atoms with van der Waals surface area (Å²) >= 11 is 0. The molecule has 1 aliphatic rings. The third-order valence-electron chi connectivity index (χ3n) is 5.94. The Hall–Kier alpha value is -4.32. The van der Waals surface area contributed by atoms with Gasteiger partial charge in [-0.3, -0.25) is 9.59 Å². The van der Waals surface area contributed by atoms with Gasteiger partial charge in [-0.05, 0) is 53.6 Å². The predicted octanol–water partition coefficient (Wildman–Crippen LogP) is 5.45. The second-order valence-corrected chi connectivity index (χ2v) is 8.08. The van der Waals surface area contributed by atoms with E-state index in [1.807, 2.05) is 67.6 Å². The molecular weight excluding hydrogens is 430 g/mol. The molecule has 1 amide bonds. The van der Waals surface area contributed by atoms with Crippen LogP contribution in [0.3, 0.4) is 0 Å². The van der Waals surface area contributed by atoms with Gasteiger partial charge in [-0.25, -0.2) is 0 Å². The maximum Gasteiger partial charge on any atom is 0.296 e. The number of likely N-dealkylation sites (tertiary alicyclic amines) is 1. The van der Waals surface area contributed by atoms with Crippen LogP contribution in [0, 0.1) is 0 Å². The van der Waals surface area contributed by atoms with Gasteiger partial charge in [-0.15, -0.1) is 0 Å². The maximum atomic E-state index is 13.2. The zero-order chi connectivity index (χ0) is 23.7. The van der Waals surface area contributed by atoms with Crippen molar-refractivity contribution in [3.05, 3.63) is 108 Å². The molecule has 4 aromatic rings. The highest BCUT2D eigenvalue weighted by Crippen LogP contribution is 2.40. The molecule has 170 valence electrons. The van der Waals surface area contributed by atoms with Crippen LogP contribution in [-0.4, -0.2) is 28.3 Å². The molecule has 0 saturated carbocycles. The van der Waals surface area contributed by atoms with Gasteiger partial charge in [0.2, 0.25) is 0 Å². The Labute approximate surface area is 196 Å². The molecule has 1 unspecified atom stereocenters. The van der Waals surface area contributed by atoms with Gasteiger partial charge in [0.15, 0.2) is 0 Å². The molecule has 0 radical (unpaired) electrons. The number of nitrogens with zero attached hydrogens (tertiary/aromatic N) is 1. The Morgan fingerprint density at radius 3 is 2.56 bits per heavy atom. The van der Waals surface area contributed by atoms with E-state index in [2.05, 4.69) is 0 Å². The molecule has 1 fully saturated rings. The zero-order valence-corrected chi connectivity index (χ0v) is 18.6. The monoisotopic (exact) mass is 453 g/mol. The Bertz CT molecular complexity index is 1400. The summed E-state index contributed by atoms with van der Waals surface area (Å²) in [6, 6.07) is 23.1. The number of ketones is 1. The summed E-state index contributed by atoms with van der Waals surface area (Å²) in [7, 11) is 0. The fourth-order valence-corrected chi connectivity index (χ4v) is 4.37. The van der Waals surface area contributed by atoms with E-state index in [-0.39, 0.29) is 17.9 Å². The highest BCUT2D eigenvalue weighted by atomic mass is 16.5. The van der Waals surface area contributed by atoms with Gasteiger partial charge in [-0.2, -0.15) is 0 Å². The Morgan fingerprint density at radius 2 is 1.79 bits per heavy atom. The van der Waals surface area contributed by atoms with Crippen LogP contribution in [0.25, 0.3) is 16.5 Å². The smallest absolute Gasteiger partial charge is 0.296 e. The van der Waals surface area contributed by atoms with Gasteiger partial charge in [0.25, 0.3) is 11.7 Å². The van der Waals surface area contributed by atoms with Crippen LogP contribution in [0.1, 0.15) is 29.9 Å². The van der Waals surface area contributed by atoms with Crippen molar-refractivity contribution in [3.63, 3.8) is 0 Å². The number of ether oxygens (including phenoxy) is 1. The Balaban J connectivity index is 1.59. The van der Waals surface area contributed by atoms with E-state index in [0.717, 1.165) is 16.3 Å². The summed E-state index contributed by atoms with van der Waals surface area (Å²) in [5, 5.41) is 13.2. The largest absolute Gasteiger partial charge is 0.507 e. The molecule has 6 nitrogen and oxygen atoms in total. The summed E-state index contributed by atoms with van der Waals surface area (Å²) in [6.07, 6.45) is 1.49. The van der Waals surface area contributed by atoms with Crippen LogP contribution in [0.4, 0.5) is 0 Å². The van der Waals surface area contributed by atoms with Gasteiger partial charge < -0.3 is 19.2 Å². The highest BCUT2D eigenvalue weighted by molar-refractivity contribution is 6.46. The summed E-state index contributed by atoms with van der Waals surface area (Å²) in [5.41, 5.74) is 1.28. The van der Waals surface area contributed by atoms with Crippen LogP contribution in [-0.2, 0) is 16.1 Å². The number of amides is 1. The normalized spacial score (nSPS) is 17.4. The van der Waals surface area contributed by atoms with E-state index in [1.165, 1.54) is 11.2 Å². The second-order valence-electron chi connectivity index (χ2n) is 8.08. The summed E-state index contributed by atoms with van der Waals surface area (Å²) < 4.78 is 11.2. The third-order valence-corrected chi connectivity index (χ3v) is 5.94. The van der Waals surface area contributed by atoms with Crippen LogP contribution >= 0.6 is 0 Å². The van der Waals surface area contributed by atoms with Gasteiger partial charge >= 0.3 is 0 Å². The van der Waals surface area contributed by atoms with Gasteiger partial charge in [0.05, 0.1) is 18.4 Å². The number of hydrogen-bond donors (Lipinski definition) is 1. The molecule has 1 N–H and O–H groups in total. The van der Waals surface area contributed by atoms with Crippen LogP contribution < -0.4 is 4.74 Å². The first-order valence-electron chi connectivity index (χ1n) is 11.1. The molecule has 0 spiro atoms. The number of rotatable bonds is 6. The lowest BCUT2D eigenvalue weighted by molar-refractivity contribution is -0.140. The quantitative estimate of drug-likeness (QED) is 0.238. The zero-order valence-electron chi connectivity index (χ0n) is 18.6. The van der Waals surface area contributed by atoms with E-state index in [4.69, 9.17) is 9.15 Å². The Kier molecular flexibility index (Phi) is 5.64. The van der Waals surface area contributed by atoms with Crippen molar-refractivity contribution < 1.29 is 23.8 Å². The van der Waals surface area contributed by atoms with Crippen molar-refractivity contribution in [2.75, 3.05) is 6.61 Å². The number of aliphatic hydroxyl groups excluding tert-OH is 1. The molecule has 6 heteroatoms. The maximum absolute atomic E-state index is 13.2. The van der Waals surface area contributed by atoms with Crippen molar-refractivity contribution in [3.8, 4) is 5.75 Å². The van der Waals surface area contributed by atoms with Crippen LogP contribution in [0.15, 0.2) is 95.1 Å². The fourth-order valence-electron chi connectivity index (χ4n) is 4.37. The molecule has 1 aromatic heterocycles. The average molecular weight is 453 g/mol. The molecule has 0 bridgehead atoms. The topological polar surface area (TPSA) is 80.0 Å². The van der Waals surface area contributed by atoms with E-state index < -0.39 is 17.7 Å². The number of furan rings is 1. The number of hydrogen-bond acceptors (Lipinski definition) is 5. The molecular formula is C28H23NO5. The first-order chi connectivity index (χ1) is 16.6. The lowest BCUT2D eigenvalue weighted by atomic mass is 9.97. The van der Waals surface area contributed by atoms with Crippen LogP contribution in [0.5, 0.6) is 5.75 Å². The average Bonchev–Trinajstić information content (AvgIpc) is 3.47. The van der Waals surface area contributed by atoms with Gasteiger partial charge in [0, 0.05) is 12.1 Å². The number of aliphatic hydroxyl groups is 1. The summed E-state index contributed by atoms with van der Waals surface area (Å²) in [4.78, 5) is 27.8. The van der Waals surface area contributed by atoms with E-state index in [9.17, 15) is 14.7 Å². The summed E-state index contributed by atoms with van der Waals surface area (Å²) in [6.45, 7) is 2.58. The molecule has 3 aromatic carbocycles. The SMILES string of the molecule is CCOc1cccc(CN2C(=O)C(=O)/C(=C(\O)c3ccc4ccccc4c3)C2c2ccco2)c1. The number of fused-ring (bicyclic) bond motifs is 1. The molecule has 1 aliphatic heterocycles. The minimum atomic E-state index is -0.850. The standard InChI is InChI=1S/C28H23NO5/c1-2-33-22-10-5-7-18(15-22)17-29-25(23-11-6-14-34-23)24(27(31)28(29)32)26(30)21-13-12-19-8-3-4-9-20(19)16-21/h3-16,25,30H,2,17H2,1H3/b26-24-. The van der Waals surface area contributed by atoms with E-state index in [0.29, 0.717) is 23.7 Å². The number of Topliss-reactive ketones (excluding diaryl/α,β-unsaturated/α-hetero) is 1. The number of carbonyl (C=O) groups excluding carboxylic acids is 2. The van der Waals surface area contributed by atoms with Crippen molar-refractivity contribution >= 4 is 28.2 Å². The summed E-state index contributed by atoms with van der Waals surface area (Å²) in [5.74, 6) is -0.570. The predicted molar refractivity (Wildman–Crippen MR) is 128 cm³/mol. The highest BCUT2D eigenvalue weighted by Gasteiger charge is 2.47. The molecule has 34 heavy (non-hydrogen) atoms. The van der Waals surface area contributed by atoms with Crippen LogP contribution in [0.2, 0.25) is 0 Å². The first-order valence-corrected chi connectivity index (χ1v) is 11.1. The number of carbonyl (C=O) groups is 2. The van der Waals surface area contributed by atoms with Crippen molar-refractivity contribution in [1.29, 1.82) is 0 Å². The molecule has 5 rings (SSSR count). The van der Waals surface area contributed by atoms with Crippen molar-refractivity contribution in [1.82, 2.24) is 4.90 Å². The lowest BCUT2D eigenvalue weighted by Crippen LogP contribution is -2.29. The van der Waals surface area contributed by atoms with Crippen molar-refractivity contribution in [2.24, 2.45) is 0 Å². The molecule has 0 aliphatic carbocycles. The van der Waals surface area contributed by atoms with E-state index in [1.54, 1.807) is 18.2 Å². The minimum absolute atomic E-state index is 0.0104. The second kappa shape index (κ2) is 8.90. The number of benzene rings is 3. The lowest BCUT2D eigenvalue weighted by Gasteiger charge is -2.23. The first kappa shape index (κ1) is 21.5. The third kappa shape index (κ3) is 3.83. The van der Waals surface area contributed by atoms with Crippen molar-refractivity contribution in [2.45, 2.75) is 19.5 Å². The molecule has 1 atom stereocenters. The van der Waals surface area contributed by atoms with Gasteiger partial charge in [-0.1, -0.05) is 48.5 Å². The molecule has 1 saturated heterocycles. The fraction of sp³-hybridized carbons (Fsp3) is 0.143. The molecule has 2 heterocycles. The van der Waals surface area contributed by atoms with Gasteiger partial charge in [0.1, 0.15) is 23.3 Å². The van der Waals surface area contributed by atoms with E-state index >= 15 is 0 Å². The minimum Gasteiger partial charge on any atom is -0.507 e. The Morgan fingerprint density at radius 1 is 0.971 bits per heavy atom.